The van der Waals surface area contributed by atoms with Crippen LogP contribution >= 0.6 is 0 Å². The Bertz CT molecular complexity index is 717. The minimum atomic E-state index is 0.00204. The topological polar surface area (TPSA) is 60.0 Å². The Morgan fingerprint density at radius 2 is 2.26 bits per heavy atom. The SMILES string of the molecule is CCn1c2c(c3cc(C(=O)NCCCN)ccc31)CCCC2C. The molecule has 1 unspecified atom stereocenters. The fourth-order valence-corrected chi connectivity index (χ4v) is 3.88. The summed E-state index contributed by atoms with van der Waals surface area (Å²) in [6, 6.07) is 6.14. The molecule has 0 bridgehead atoms. The van der Waals surface area contributed by atoms with Gasteiger partial charge in [-0.2, -0.15) is 0 Å². The van der Waals surface area contributed by atoms with Crippen LogP contribution in [0.15, 0.2) is 18.2 Å². The lowest BCUT2D eigenvalue weighted by Gasteiger charge is -2.21. The van der Waals surface area contributed by atoms with E-state index in [1.54, 1.807) is 0 Å². The Labute approximate surface area is 138 Å². The number of carbonyl (C=O) groups is 1. The van der Waals surface area contributed by atoms with Crippen molar-refractivity contribution in [3.63, 3.8) is 0 Å². The smallest absolute Gasteiger partial charge is 0.251 e. The number of hydrogen-bond donors (Lipinski definition) is 2. The molecule has 0 saturated carbocycles. The highest BCUT2D eigenvalue weighted by Gasteiger charge is 2.24. The molecule has 1 heterocycles. The summed E-state index contributed by atoms with van der Waals surface area (Å²) in [5.41, 5.74) is 10.4. The van der Waals surface area contributed by atoms with Gasteiger partial charge in [0.05, 0.1) is 0 Å². The fourth-order valence-electron chi connectivity index (χ4n) is 3.88. The number of hydrogen-bond acceptors (Lipinski definition) is 2. The van der Waals surface area contributed by atoms with Crippen molar-refractivity contribution in [2.75, 3.05) is 13.1 Å². The molecular formula is C19H27N3O. The Morgan fingerprint density at radius 1 is 1.43 bits per heavy atom. The van der Waals surface area contributed by atoms with Crippen molar-refractivity contribution < 1.29 is 4.79 Å². The molecule has 0 saturated heterocycles. The van der Waals surface area contributed by atoms with Crippen LogP contribution in [0.3, 0.4) is 0 Å². The molecule has 23 heavy (non-hydrogen) atoms. The summed E-state index contributed by atoms with van der Waals surface area (Å²) in [5, 5.41) is 4.21. The summed E-state index contributed by atoms with van der Waals surface area (Å²) < 4.78 is 2.44. The first-order valence-electron chi connectivity index (χ1n) is 8.80. The summed E-state index contributed by atoms with van der Waals surface area (Å²) in [6.07, 6.45) is 4.44. The predicted octanol–water partition coefficient (Wildman–Crippen LogP) is 3.18. The molecule has 0 radical (unpaired) electrons. The van der Waals surface area contributed by atoms with Gasteiger partial charge in [0, 0.05) is 35.2 Å². The summed E-state index contributed by atoms with van der Waals surface area (Å²) in [7, 11) is 0. The maximum Gasteiger partial charge on any atom is 0.251 e. The minimum Gasteiger partial charge on any atom is -0.352 e. The third-order valence-electron chi connectivity index (χ3n) is 4.99. The molecule has 3 N–H and O–H groups in total. The molecular weight excluding hydrogens is 286 g/mol. The van der Waals surface area contributed by atoms with Crippen LogP contribution in [0.4, 0.5) is 0 Å². The van der Waals surface area contributed by atoms with Gasteiger partial charge in [-0.15, -0.1) is 0 Å². The van der Waals surface area contributed by atoms with E-state index in [2.05, 4.69) is 35.9 Å². The second-order valence-electron chi connectivity index (χ2n) is 6.53. The number of amides is 1. The van der Waals surface area contributed by atoms with Crippen LogP contribution in [0.25, 0.3) is 10.9 Å². The van der Waals surface area contributed by atoms with Crippen molar-refractivity contribution in [1.82, 2.24) is 9.88 Å². The van der Waals surface area contributed by atoms with Gasteiger partial charge < -0.3 is 15.6 Å². The maximum atomic E-state index is 12.3. The number of rotatable bonds is 5. The molecule has 1 aliphatic carbocycles. The first-order chi connectivity index (χ1) is 11.2. The number of nitrogens with one attached hydrogen (secondary N) is 1. The molecule has 1 aliphatic rings. The summed E-state index contributed by atoms with van der Waals surface area (Å²) >= 11 is 0. The molecule has 1 amide bonds. The molecule has 2 aromatic rings. The molecule has 4 nitrogen and oxygen atoms in total. The van der Waals surface area contributed by atoms with Crippen molar-refractivity contribution in [2.45, 2.75) is 52.0 Å². The van der Waals surface area contributed by atoms with E-state index in [-0.39, 0.29) is 5.91 Å². The Kier molecular flexibility index (Phi) is 4.71. The van der Waals surface area contributed by atoms with E-state index in [4.69, 9.17) is 5.73 Å². The zero-order chi connectivity index (χ0) is 16.4. The first-order valence-corrected chi connectivity index (χ1v) is 8.80. The third kappa shape index (κ3) is 2.88. The average molecular weight is 313 g/mol. The normalized spacial score (nSPS) is 17.3. The number of carbonyl (C=O) groups excluding carboxylic acids is 1. The highest BCUT2D eigenvalue weighted by Crippen LogP contribution is 2.38. The number of aryl methyl sites for hydroxylation is 2. The molecule has 124 valence electrons. The zero-order valence-electron chi connectivity index (χ0n) is 14.2. The van der Waals surface area contributed by atoms with Gasteiger partial charge in [-0.1, -0.05) is 6.92 Å². The number of fused-ring (bicyclic) bond motifs is 3. The van der Waals surface area contributed by atoms with Crippen LogP contribution in [0.2, 0.25) is 0 Å². The van der Waals surface area contributed by atoms with Gasteiger partial charge in [-0.3, -0.25) is 4.79 Å². The van der Waals surface area contributed by atoms with E-state index in [9.17, 15) is 4.79 Å². The molecule has 0 aliphatic heterocycles. The van der Waals surface area contributed by atoms with Crippen LogP contribution in [-0.2, 0) is 13.0 Å². The van der Waals surface area contributed by atoms with Crippen LogP contribution in [0.1, 0.15) is 60.6 Å². The van der Waals surface area contributed by atoms with Gasteiger partial charge in [-0.25, -0.2) is 0 Å². The van der Waals surface area contributed by atoms with Gasteiger partial charge >= 0.3 is 0 Å². The van der Waals surface area contributed by atoms with Gasteiger partial charge in [-0.05, 0) is 68.8 Å². The number of aromatic nitrogens is 1. The molecule has 1 aromatic carbocycles. The number of nitrogens with zero attached hydrogens (tertiary/aromatic N) is 1. The third-order valence-corrected chi connectivity index (χ3v) is 4.99. The fraction of sp³-hybridized carbons (Fsp3) is 0.526. The Hall–Kier alpha value is -1.81. The van der Waals surface area contributed by atoms with E-state index >= 15 is 0 Å². The maximum absolute atomic E-state index is 12.3. The molecule has 0 spiro atoms. The Balaban J connectivity index is 2.01. The van der Waals surface area contributed by atoms with Crippen molar-refractivity contribution >= 4 is 16.8 Å². The van der Waals surface area contributed by atoms with Crippen molar-refractivity contribution in [2.24, 2.45) is 5.73 Å². The lowest BCUT2D eigenvalue weighted by atomic mass is 9.87. The largest absolute Gasteiger partial charge is 0.352 e. The van der Waals surface area contributed by atoms with E-state index in [0.29, 0.717) is 19.0 Å². The average Bonchev–Trinajstić information content (AvgIpc) is 2.89. The van der Waals surface area contributed by atoms with Crippen LogP contribution in [0, 0.1) is 0 Å². The molecule has 3 rings (SSSR count). The number of benzene rings is 1. The highest BCUT2D eigenvalue weighted by atomic mass is 16.1. The quantitative estimate of drug-likeness (QED) is 0.833. The molecule has 0 fully saturated rings. The zero-order valence-corrected chi connectivity index (χ0v) is 14.2. The van der Waals surface area contributed by atoms with Gasteiger partial charge in [0.25, 0.3) is 5.91 Å². The lowest BCUT2D eigenvalue weighted by molar-refractivity contribution is 0.0953. The van der Waals surface area contributed by atoms with E-state index < -0.39 is 0 Å². The summed E-state index contributed by atoms with van der Waals surface area (Å²) in [5.74, 6) is 0.607. The van der Waals surface area contributed by atoms with E-state index in [1.807, 2.05) is 6.07 Å². The second kappa shape index (κ2) is 6.75. The van der Waals surface area contributed by atoms with Crippen LogP contribution in [0.5, 0.6) is 0 Å². The number of nitrogens with two attached hydrogens (primary N) is 1. The molecule has 1 atom stereocenters. The van der Waals surface area contributed by atoms with Gasteiger partial charge in [0.2, 0.25) is 0 Å². The first kappa shape index (κ1) is 16.1. The van der Waals surface area contributed by atoms with E-state index in [0.717, 1.165) is 24.9 Å². The van der Waals surface area contributed by atoms with Gasteiger partial charge in [0.1, 0.15) is 0 Å². The van der Waals surface area contributed by atoms with Crippen LogP contribution in [-0.4, -0.2) is 23.6 Å². The van der Waals surface area contributed by atoms with Crippen LogP contribution < -0.4 is 11.1 Å². The molecule has 4 heteroatoms. The van der Waals surface area contributed by atoms with Crippen molar-refractivity contribution in [1.29, 1.82) is 0 Å². The van der Waals surface area contributed by atoms with Crippen molar-refractivity contribution in [3.8, 4) is 0 Å². The second-order valence-corrected chi connectivity index (χ2v) is 6.53. The summed E-state index contributed by atoms with van der Waals surface area (Å²) in [6.45, 7) is 6.75. The summed E-state index contributed by atoms with van der Waals surface area (Å²) in [4.78, 5) is 12.3. The predicted molar refractivity (Wildman–Crippen MR) is 95.0 cm³/mol. The standard InChI is InChI=1S/C19H27N3O/c1-3-22-17-9-8-14(19(23)21-11-5-10-20)12-16(17)15-7-4-6-13(2)18(15)22/h8-9,12-13H,3-7,10-11,20H2,1-2H3,(H,21,23). The van der Waals surface area contributed by atoms with Crippen molar-refractivity contribution in [3.05, 3.63) is 35.0 Å². The minimum absolute atomic E-state index is 0.00204. The van der Waals surface area contributed by atoms with E-state index in [1.165, 1.54) is 35.0 Å². The lowest BCUT2D eigenvalue weighted by Crippen LogP contribution is -2.25. The monoisotopic (exact) mass is 313 g/mol. The highest BCUT2D eigenvalue weighted by molar-refractivity contribution is 5.99. The van der Waals surface area contributed by atoms with Gasteiger partial charge in [0.15, 0.2) is 0 Å². The molecule has 1 aromatic heterocycles. The Morgan fingerprint density at radius 3 is 3.00 bits per heavy atom.